The van der Waals surface area contributed by atoms with Crippen molar-refractivity contribution in [1.82, 2.24) is 19.6 Å². The molecular weight excluding hydrogens is 1020 g/mol. The Hall–Kier alpha value is 1.60. The van der Waals surface area contributed by atoms with Gasteiger partial charge in [-0.25, -0.2) is 9.36 Å². The van der Waals surface area contributed by atoms with Crippen molar-refractivity contribution in [2.24, 2.45) is 0 Å². The van der Waals surface area contributed by atoms with Crippen LogP contribution in [0.2, 0.25) is 0 Å². The van der Waals surface area contributed by atoms with Gasteiger partial charge in [0.2, 0.25) is 0 Å². The van der Waals surface area contributed by atoms with E-state index in [-0.39, 0.29) is 0 Å². The van der Waals surface area contributed by atoms with E-state index in [2.05, 4.69) is 55.4 Å². The summed E-state index contributed by atoms with van der Waals surface area (Å²) in [5.41, 5.74) is -2.48. The molecule has 2 aromatic rings. The van der Waals surface area contributed by atoms with Crippen LogP contribution in [0.4, 0.5) is 0 Å². The van der Waals surface area contributed by atoms with Gasteiger partial charge < -0.3 is 0 Å². The number of aromatic nitrogens is 4. The maximum Gasteiger partial charge on any atom is 0.496 e. The molecular formula is C9H4I6N6O4. The van der Waals surface area contributed by atoms with Gasteiger partial charge in [0, 0.05) is 0 Å². The number of hydrogen-bond acceptors (Lipinski definition) is 6. The molecule has 0 aromatic carbocycles. The Bertz CT molecular complexity index is 795. The molecule has 2 rings (SSSR count). The summed E-state index contributed by atoms with van der Waals surface area (Å²) in [6.07, 6.45) is 0. The summed E-state index contributed by atoms with van der Waals surface area (Å²) in [5.74, 6) is 0. The number of rotatable bonds is 6. The fourth-order valence-electron chi connectivity index (χ4n) is 1.82. The number of nitro groups is 2. The van der Waals surface area contributed by atoms with E-state index >= 15 is 0 Å². The molecule has 0 unspecified atom stereocenters. The van der Waals surface area contributed by atoms with Crippen LogP contribution in [0.15, 0.2) is 0 Å². The monoisotopic (exact) mass is 1020 g/mol. The SMILES string of the molecule is O=[N+]([O-])C(Cn1nc(I)c(I)c1I)(Cn1nc(I)c(I)c1I)[N+](=O)[O-]. The molecule has 16 heteroatoms. The van der Waals surface area contributed by atoms with Gasteiger partial charge in [-0.05, 0) is 136 Å². The zero-order valence-electron chi connectivity index (χ0n) is 11.5. The molecule has 136 valence electrons. The fourth-order valence-corrected chi connectivity index (χ4v) is 5.73. The predicted octanol–water partition coefficient (Wildman–Crippen LogP) is 3.66. The third-order valence-electron chi connectivity index (χ3n) is 3.08. The van der Waals surface area contributed by atoms with Crippen molar-refractivity contribution in [1.29, 1.82) is 0 Å². The largest absolute Gasteiger partial charge is 0.496 e. The van der Waals surface area contributed by atoms with Crippen LogP contribution in [-0.4, -0.2) is 35.1 Å². The van der Waals surface area contributed by atoms with Crippen LogP contribution < -0.4 is 0 Å². The first-order valence-corrected chi connectivity index (χ1v) is 12.4. The maximum absolute atomic E-state index is 11.7. The minimum absolute atomic E-state index is 0.493. The Morgan fingerprint density at radius 2 is 1.12 bits per heavy atom. The second kappa shape index (κ2) is 8.95. The van der Waals surface area contributed by atoms with Gasteiger partial charge in [-0.2, -0.15) is 10.2 Å². The van der Waals surface area contributed by atoms with Gasteiger partial charge in [0.05, 0.1) is 7.14 Å². The summed E-state index contributed by atoms with van der Waals surface area (Å²) >= 11 is 12.0. The molecule has 0 aliphatic rings. The Labute approximate surface area is 222 Å². The first-order chi connectivity index (χ1) is 11.5. The summed E-state index contributed by atoms with van der Waals surface area (Å²) in [7, 11) is 0. The standard InChI is InChI=1S/C9H4I6N6O4/c10-3-5(12)16-18(7(3)14)1-9(20(22)23,21(24)25)2-19-8(15)4(11)6(13)17-19/h1-2H2. The van der Waals surface area contributed by atoms with Crippen molar-refractivity contribution >= 4 is 136 Å². The smallest absolute Gasteiger partial charge is 0.258 e. The minimum Gasteiger partial charge on any atom is -0.258 e. The first kappa shape index (κ1) is 22.9. The van der Waals surface area contributed by atoms with Crippen LogP contribution in [0.25, 0.3) is 0 Å². The number of hydrogen-bond donors (Lipinski definition) is 0. The zero-order valence-corrected chi connectivity index (χ0v) is 24.4. The van der Waals surface area contributed by atoms with Gasteiger partial charge in [-0.1, -0.05) is 0 Å². The van der Waals surface area contributed by atoms with E-state index < -0.39 is 28.6 Å². The van der Waals surface area contributed by atoms with Gasteiger partial charge in [-0.3, -0.25) is 20.2 Å². The normalized spacial score (nSPS) is 11.8. The Morgan fingerprint density at radius 3 is 1.32 bits per heavy atom. The molecule has 0 atom stereocenters. The summed E-state index contributed by atoms with van der Waals surface area (Å²) in [6.45, 7) is -0.985. The topological polar surface area (TPSA) is 122 Å². The average Bonchev–Trinajstić information content (AvgIpc) is 2.91. The van der Waals surface area contributed by atoms with Crippen molar-refractivity contribution in [2.45, 2.75) is 18.8 Å². The van der Waals surface area contributed by atoms with E-state index in [1.165, 1.54) is 9.36 Å². The molecule has 0 spiro atoms. The van der Waals surface area contributed by atoms with Crippen molar-refractivity contribution in [3.8, 4) is 0 Å². The Balaban J connectivity index is 2.54. The van der Waals surface area contributed by atoms with E-state index in [9.17, 15) is 20.2 Å². The first-order valence-electron chi connectivity index (χ1n) is 5.95. The molecule has 0 amide bonds. The summed E-state index contributed by atoms with van der Waals surface area (Å²) in [5, 5.41) is 31.9. The van der Waals surface area contributed by atoms with Crippen LogP contribution in [0.1, 0.15) is 0 Å². The molecule has 0 saturated heterocycles. The summed E-state index contributed by atoms with van der Waals surface area (Å²) in [4.78, 5) is 21.8. The van der Waals surface area contributed by atoms with Crippen LogP contribution in [0.5, 0.6) is 0 Å². The molecule has 2 aromatic heterocycles. The van der Waals surface area contributed by atoms with Crippen LogP contribution >= 0.6 is 136 Å². The minimum atomic E-state index is -2.48. The van der Waals surface area contributed by atoms with Gasteiger partial charge in [0.1, 0.15) is 24.6 Å². The van der Waals surface area contributed by atoms with Gasteiger partial charge in [0.25, 0.3) is 0 Å². The van der Waals surface area contributed by atoms with E-state index in [1.807, 2.05) is 90.4 Å². The van der Waals surface area contributed by atoms with Crippen LogP contribution in [0, 0.1) is 42.2 Å². The highest BCUT2D eigenvalue weighted by Crippen LogP contribution is 2.27. The van der Waals surface area contributed by atoms with E-state index in [0.29, 0.717) is 14.8 Å². The summed E-state index contributed by atoms with van der Waals surface area (Å²) in [6, 6.07) is 0. The highest BCUT2D eigenvalue weighted by Gasteiger charge is 2.58. The van der Waals surface area contributed by atoms with Crippen LogP contribution in [0.3, 0.4) is 0 Å². The van der Waals surface area contributed by atoms with Crippen molar-refractivity contribution in [3.63, 3.8) is 0 Å². The third kappa shape index (κ3) is 4.61. The average molecular weight is 1020 g/mol. The molecule has 10 nitrogen and oxygen atoms in total. The molecule has 25 heavy (non-hydrogen) atoms. The lowest BCUT2D eigenvalue weighted by atomic mass is 10.2. The lowest BCUT2D eigenvalue weighted by Crippen LogP contribution is -2.53. The highest BCUT2D eigenvalue weighted by atomic mass is 127. The van der Waals surface area contributed by atoms with E-state index in [0.717, 1.165) is 7.14 Å². The van der Waals surface area contributed by atoms with Gasteiger partial charge in [-0.15, -0.1) is 0 Å². The lowest BCUT2D eigenvalue weighted by molar-refractivity contribution is -0.801. The molecule has 0 bridgehead atoms. The second-order valence-corrected chi connectivity index (χ2v) is 10.8. The van der Waals surface area contributed by atoms with Crippen LogP contribution in [-0.2, 0) is 13.1 Å². The number of nitrogens with zero attached hydrogens (tertiary/aromatic N) is 6. The molecule has 0 aliphatic carbocycles. The van der Waals surface area contributed by atoms with E-state index in [1.54, 1.807) is 0 Å². The molecule has 0 radical (unpaired) electrons. The third-order valence-corrected chi connectivity index (χ3v) is 13.0. The van der Waals surface area contributed by atoms with Crippen molar-refractivity contribution in [3.05, 3.63) is 42.2 Å². The fraction of sp³-hybridized carbons (Fsp3) is 0.333. The molecule has 0 fully saturated rings. The van der Waals surface area contributed by atoms with Gasteiger partial charge in [0.15, 0.2) is 13.1 Å². The lowest BCUT2D eigenvalue weighted by Gasteiger charge is -2.18. The summed E-state index contributed by atoms with van der Waals surface area (Å²) < 4.78 is 6.74. The quantitative estimate of drug-likeness (QED) is 0.189. The molecule has 0 saturated carbocycles. The highest BCUT2D eigenvalue weighted by molar-refractivity contribution is 14.1. The predicted molar refractivity (Wildman–Crippen MR) is 137 cm³/mol. The van der Waals surface area contributed by atoms with E-state index in [4.69, 9.17) is 0 Å². The number of halogens is 6. The molecule has 0 N–H and O–H groups in total. The van der Waals surface area contributed by atoms with Gasteiger partial charge >= 0.3 is 5.66 Å². The maximum atomic E-state index is 11.7. The molecule has 0 aliphatic heterocycles. The molecule has 2 heterocycles. The Kier molecular flexibility index (Phi) is 8.19. The Morgan fingerprint density at radius 1 is 0.800 bits per heavy atom. The second-order valence-electron chi connectivity index (χ2n) is 4.60. The zero-order chi connectivity index (χ0) is 19.1. The van der Waals surface area contributed by atoms with Crippen molar-refractivity contribution in [2.75, 3.05) is 0 Å². The van der Waals surface area contributed by atoms with Crippen molar-refractivity contribution < 1.29 is 9.85 Å².